The predicted octanol–water partition coefficient (Wildman–Crippen LogP) is 3.91. The molecule has 1 N–H and O–H groups in total. The van der Waals surface area contributed by atoms with Crippen LogP contribution in [0.5, 0.6) is 11.5 Å². The highest BCUT2D eigenvalue weighted by Gasteiger charge is 2.22. The van der Waals surface area contributed by atoms with Crippen LogP contribution in [0.4, 0.5) is 14.5 Å². The Kier molecular flexibility index (Phi) is 3.64. The van der Waals surface area contributed by atoms with Gasteiger partial charge in [-0.3, -0.25) is 0 Å². The molecule has 0 spiro atoms. The lowest BCUT2D eigenvalue weighted by atomic mass is 10.00. The first kappa shape index (κ1) is 13.7. The average molecular weight is 291 g/mol. The Labute approximate surface area is 121 Å². The number of halogens is 2. The van der Waals surface area contributed by atoms with Crippen molar-refractivity contribution in [3.8, 4) is 11.5 Å². The SMILES string of the molecule is COc1ccc2c(c1)C(Nc1ccc(F)c(F)c1)CCO2. The van der Waals surface area contributed by atoms with Crippen molar-refractivity contribution in [2.75, 3.05) is 19.0 Å². The maximum atomic E-state index is 13.3. The Hall–Kier alpha value is -2.30. The third-order valence-electron chi connectivity index (χ3n) is 3.52. The maximum Gasteiger partial charge on any atom is 0.160 e. The Morgan fingerprint density at radius 2 is 2.00 bits per heavy atom. The summed E-state index contributed by atoms with van der Waals surface area (Å²) in [5.41, 5.74) is 1.49. The van der Waals surface area contributed by atoms with E-state index in [4.69, 9.17) is 9.47 Å². The molecule has 0 saturated carbocycles. The van der Waals surface area contributed by atoms with Crippen molar-refractivity contribution in [1.82, 2.24) is 0 Å². The Balaban J connectivity index is 1.88. The Morgan fingerprint density at radius 1 is 1.14 bits per heavy atom. The number of ether oxygens (including phenoxy) is 2. The van der Waals surface area contributed by atoms with Crippen molar-refractivity contribution in [2.45, 2.75) is 12.5 Å². The van der Waals surface area contributed by atoms with Gasteiger partial charge < -0.3 is 14.8 Å². The number of anilines is 1. The maximum absolute atomic E-state index is 13.3. The van der Waals surface area contributed by atoms with E-state index in [0.29, 0.717) is 12.3 Å². The van der Waals surface area contributed by atoms with E-state index in [0.717, 1.165) is 35.6 Å². The molecule has 2 aromatic rings. The molecule has 3 rings (SSSR count). The molecule has 1 atom stereocenters. The molecule has 0 saturated heterocycles. The third-order valence-corrected chi connectivity index (χ3v) is 3.52. The third kappa shape index (κ3) is 2.77. The van der Waals surface area contributed by atoms with Crippen LogP contribution in [-0.4, -0.2) is 13.7 Å². The van der Waals surface area contributed by atoms with Crippen LogP contribution in [-0.2, 0) is 0 Å². The van der Waals surface area contributed by atoms with Gasteiger partial charge in [-0.15, -0.1) is 0 Å². The number of rotatable bonds is 3. The zero-order chi connectivity index (χ0) is 14.8. The van der Waals surface area contributed by atoms with Crippen molar-refractivity contribution in [1.29, 1.82) is 0 Å². The minimum Gasteiger partial charge on any atom is -0.497 e. The highest BCUT2D eigenvalue weighted by Crippen LogP contribution is 2.36. The number of benzene rings is 2. The molecular weight excluding hydrogens is 276 g/mol. The number of fused-ring (bicyclic) bond motifs is 1. The molecular formula is C16H15F2NO2. The molecule has 110 valence electrons. The first-order chi connectivity index (χ1) is 10.2. The van der Waals surface area contributed by atoms with E-state index in [1.54, 1.807) is 7.11 Å². The first-order valence-electron chi connectivity index (χ1n) is 6.69. The van der Waals surface area contributed by atoms with Crippen molar-refractivity contribution in [3.05, 3.63) is 53.6 Å². The molecule has 0 bridgehead atoms. The Morgan fingerprint density at radius 3 is 2.76 bits per heavy atom. The topological polar surface area (TPSA) is 30.5 Å². The fourth-order valence-corrected chi connectivity index (χ4v) is 2.44. The molecule has 1 aliphatic heterocycles. The summed E-state index contributed by atoms with van der Waals surface area (Å²) in [6.07, 6.45) is 0.735. The number of methoxy groups -OCH3 is 1. The first-order valence-corrected chi connectivity index (χ1v) is 6.69. The van der Waals surface area contributed by atoms with Crippen LogP contribution in [0.3, 0.4) is 0 Å². The normalized spacial score (nSPS) is 16.8. The van der Waals surface area contributed by atoms with E-state index in [2.05, 4.69) is 5.32 Å². The lowest BCUT2D eigenvalue weighted by Crippen LogP contribution is -2.20. The quantitative estimate of drug-likeness (QED) is 0.930. The van der Waals surface area contributed by atoms with Crippen LogP contribution in [0.15, 0.2) is 36.4 Å². The summed E-state index contributed by atoms with van der Waals surface area (Å²) in [5, 5.41) is 3.21. The van der Waals surface area contributed by atoms with E-state index in [1.807, 2.05) is 18.2 Å². The zero-order valence-electron chi connectivity index (χ0n) is 11.5. The predicted molar refractivity (Wildman–Crippen MR) is 75.8 cm³/mol. The van der Waals surface area contributed by atoms with Gasteiger partial charge in [-0.1, -0.05) is 0 Å². The summed E-state index contributed by atoms with van der Waals surface area (Å²) in [6.45, 7) is 0.570. The summed E-state index contributed by atoms with van der Waals surface area (Å²) < 4.78 is 37.1. The largest absolute Gasteiger partial charge is 0.497 e. The minimum atomic E-state index is -0.863. The number of hydrogen-bond acceptors (Lipinski definition) is 3. The lowest BCUT2D eigenvalue weighted by Gasteiger charge is -2.28. The van der Waals surface area contributed by atoms with Crippen LogP contribution in [0.1, 0.15) is 18.0 Å². The monoisotopic (exact) mass is 291 g/mol. The highest BCUT2D eigenvalue weighted by molar-refractivity contribution is 5.50. The molecule has 1 aliphatic rings. The minimum absolute atomic E-state index is 0.0336. The van der Waals surface area contributed by atoms with Gasteiger partial charge in [-0.05, 0) is 30.3 Å². The number of hydrogen-bond donors (Lipinski definition) is 1. The fourth-order valence-electron chi connectivity index (χ4n) is 2.44. The second-order valence-corrected chi connectivity index (χ2v) is 4.87. The highest BCUT2D eigenvalue weighted by atomic mass is 19.2. The molecule has 21 heavy (non-hydrogen) atoms. The van der Waals surface area contributed by atoms with Crippen molar-refractivity contribution in [2.24, 2.45) is 0 Å². The van der Waals surface area contributed by atoms with Gasteiger partial charge in [0.2, 0.25) is 0 Å². The zero-order valence-corrected chi connectivity index (χ0v) is 11.5. The van der Waals surface area contributed by atoms with E-state index in [9.17, 15) is 8.78 Å². The van der Waals surface area contributed by atoms with E-state index in [-0.39, 0.29) is 6.04 Å². The van der Waals surface area contributed by atoms with Gasteiger partial charge in [-0.2, -0.15) is 0 Å². The molecule has 0 aromatic heterocycles. The van der Waals surface area contributed by atoms with Gasteiger partial charge in [0.25, 0.3) is 0 Å². The molecule has 0 amide bonds. The number of nitrogens with one attached hydrogen (secondary N) is 1. The van der Waals surface area contributed by atoms with Crippen molar-refractivity contribution < 1.29 is 18.3 Å². The average Bonchev–Trinajstić information content (AvgIpc) is 2.51. The van der Waals surface area contributed by atoms with Crippen molar-refractivity contribution >= 4 is 5.69 Å². The summed E-state index contributed by atoms with van der Waals surface area (Å²) in [6, 6.07) is 9.34. The molecule has 1 heterocycles. The van der Waals surface area contributed by atoms with Gasteiger partial charge in [0.05, 0.1) is 19.8 Å². The van der Waals surface area contributed by atoms with Gasteiger partial charge in [-0.25, -0.2) is 8.78 Å². The fraction of sp³-hybridized carbons (Fsp3) is 0.250. The van der Waals surface area contributed by atoms with E-state index >= 15 is 0 Å². The van der Waals surface area contributed by atoms with Crippen LogP contribution in [0.25, 0.3) is 0 Å². The molecule has 5 heteroatoms. The standard InChI is InChI=1S/C16H15F2NO2/c1-20-11-3-5-16-12(9-11)15(6-7-21-16)19-10-2-4-13(17)14(18)8-10/h2-5,8-9,15,19H,6-7H2,1H3. The van der Waals surface area contributed by atoms with E-state index < -0.39 is 11.6 Å². The molecule has 3 nitrogen and oxygen atoms in total. The van der Waals surface area contributed by atoms with Crippen LogP contribution in [0, 0.1) is 11.6 Å². The van der Waals surface area contributed by atoms with Gasteiger partial charge in [0, 0.05) is 23.7 Å². The second kappa shape index (κ2) is 5.60. The Bertz CT molecular complexity index is 661. The van der Waals surface area contributed by atoms with Crippen LogP contribution < -0.4 is 14.8 Å². The summed E-state index contributed by atoms with van der Waals surface area (Å²) >= 11 is 0. The van der Waals surface area contributed by atoms with Gasteiger partial charge in [0.15, 0.2) is 11.6 Å². The molecule has 0 radical (unpaired) electrons. The van der Waals surface area contributed by atoms with E-state index in [1.165, 1.54) is 6.07 Å². The summed E-state index contributed by atoms with van der Waals surface area (Å²) in [4.78, 5) is 0. The van der Waals surface area contributed by atoms with Gasteiger partial charge in [0.1, 0.15) is 11.5 Å². The second-order valence-electron chi connectivity index (χ2n) is 4.87. The van der Waals surface area contributed by atoms with Crippen molar-refractivity contribution in [3.63, 3.8) is 0 Å². The molecule has 0 aliphatic carbocycles. The smallest absolute Gasteiger partial charge is 0.160 e. The molecule has 0 fully saturated rings. The molecule has 1 unspecified atom stereocenters. The molecule has 2 aromatic carbocycles. The summed E-state index contributed by atoms with van der Waals surface area (Å²) in [5.74, 6) is -0.203. The lowest BCUT2D eigenvalue weighted by molar-refractivity contribution is 0.273. The van der Waals surface area contributed by atoms with Crippen LogP contribution in [0.2, 0.25) is 0 Å². The van der Waals surface area contributed by atoms with Gasteiger partial charge >= 0.3 is 0 Å². The summed E-state index contributed by atoms with van der Waals surface area (Å²) in [7, 11) is 1.60. The van der Waals surface area contributed by atoms with Crippen LogP contribution >= 0.6 is 0 Å².